The molecule has 0 bridgehead atoms. The van der Waals surface area contributed by atoms with E-state index in [2.05, 4.69) is 11.9 Å². The molecular formula is C8H14ClN. The van der Waals surface area contributed by atoms with E-state index in [1.165, 1.54) is 19.3 Å². The highest BCUT2D eigenvalue weighted by molar-refractivity contribution is 6.29. The molecule has 2 heteroatoms. The maximum absolute atomic E-state index is 5.55. The summed E-state index contributed by atoms with van der Waals surface area (Å²) in [4.78, 5) is 0. The zero-order valence-electron chi connectivity index (χ0n) is 6.20. The second-order valence-corrected chi connectivity index (χ2v) is 3.46. The van der Waals surface area contributed by atoms with Crippen LogP contribution in [0.15, 0.2) is 11.6 Å². The third-order valence-electron chi connectivity index (χ3n) is 1.74. The fourth-order valence-electron chi connectivity index (χ4n) is 0.937. The molecule has 0 spiro atoms. The van der Waals surface area contributed by atoms with Gasteiger partial charge in [-0.2, -0.15) is 0 Å². The van der Waals surface area contributed by atoms with Gasteiger partial charge in [-0.1, -0.05) is 31.0 Å². The lowest BCUT2D eigenvalue weighted by atomic mass is 10.3. The molecule has 58 valence electrons. The third kappa shape index (κ3) is 3.91. The van der Waals surface area contributed by atoms with Crippen molar-refractivity contribution in [1.82, 2.24) is 5.32 Å². The molecule has 0 aromatic heterocycles. The quantitative estimate of drug-likeness (QED) is 0.607. The van der Waals surface area contributed by atoms with Crippen molar-refractivity contribution in [3.8, 4) is 0 Å². The first-order valence-electron chi connectivity index (χ1n) is 3.83. The zero-order chi connectivity index (χ0) is 7.40. The van der Waals surface area contributed by atoms with E-state index in [4.69, 9.17) is 11.6 Å². The van der Waals surface area contributed by atoms with Crippen molar-refractivity contribution in [2.75, 3.05) is 13.1 Å². The summed E-state index contributed by atoms with van der Waals surface area (Å²) in [5.74, 6) is 1.01. The molecule has 0 aromatic carbocycles. The van der Waals surface area contributed by atoms with Gasteiger partial charge in [0.05, 0.1) is 0 Å². The summed E-state index contributed by atoms with van der Waals surface area (Å²) in [7, 11) is 0. The van der Waals surface area contributed by atoms with Gasteiger partial charge in [0.25, 0.3) is 0 Å². The van der Waals surface area contributed by atoms with Crippen LogP contribution in [0.4, 0.5) is 0 Å². The van der Waals surface area contributed by atoms with Crippen molar-refractivity contribution in [3.05, 3.63) is 11.6 Å². The maximum Gasteiger partial charge on any atom is 0.0307 e. The molecule has 0 heterocycles. The second kappa shape index (κ2) is 3.99. The van der Waals surface area contributed by atoms with Crippen LogP contribution in [0.1, 0.15) is 19.3 Å². The largest absolute Gasteiger partial charge is 0.312 e. The van der Waals surface area contributed by atoms with Gasteiger partial charge in [-0.05, 0) is 18.9 Å². The van der Waals surface area contributed by atoms with Crippen molar-refractivity contribution in [2.45, 2.75) is 19.3 Å². The Morgan fingerprint density at radius 3 is 2.80 bits per heavy atom. The third-order valence-corrected chi connectivity index (χ3v) is 1.88. The molecular weight excluding hydrogens is 146 g/mol. The van der Waals surface area contributed by atoms with Gasteiger partial charge in [-0.3, -0.25) is 0 Å². The minimum absolute atomic E-state index is 0.704. The molecule has 1 aliphatic rings. The standard InChI is InChI=1S/C8H14ClN/c1-7(9)6-10-5-4-8-2-3-8/h8,10H,1-6H2. The number of rotatable bonds is 5. The molecule has 1 rings (SSSR count). The predicted octanol–water partition coefficient (Wildman–Crippen LogP) is 2.13. The maximum atomic E-state index is 5.55. The topological polar surface area (TPSA) is 12.0 Å². The molecule has 1 N–H and O–H groups in total. The van der Waals surface area contributed by atoms with Gasteiger partial charge in [-0.15, -0.1) is 0 Å². The van der Waals surface area contributed by atoms with Crippen LogP contribution in [-0.2, 0) is 0 Å². The second-order valence-electron chi connectivity index (χ2n) is 2.93. The number of halogens is 1. The van der Waals surface area contributed by atoms with Crippen LogP contribution in [0.5, 0.6) is 0 Å². The lowest BCUT2D eigenvalue weighted by Gasteiger charge is -2.00. The van der Waals surface area contributed by atoms with E-state index in [0.29, 0.717) is 5.03 Å². The summed E-state index contributed by atoms with van der Waals surface area (Å²) in [5.41, 5.74) is 0. The molecule has 0 saturated heterocycles. The normalized spacial score (nSPS) is 17.3. The van der Waals surface area contributed by atoms with Gasteiger partial charge >= 0.3 is 0 Å². The van der Waals surface area contributed by atoms with Gasteiger partial charge in [0.1, 0.15) is 0 Å². The van der Waals surface area contributed by atoms with Gasteiger partial charge in [0.2, 0.25) is 0 Å². The minimum atomic E-state index is 0.704. The molecule has 0 radical (unpaired) electrons. The Morgan fingerprint density at radius 2 is 2.30 bits per heavy atom. The molecule has 0 unspecified atom stereocenters. The lowest BCUT2D eigenvalue weighted by Crippen LogP contribution is -2.16. The van der Waals surface area contributed by atoms with Gasteiger partial charge in [0, 0.05) is 11.6 Å². The first-order valence-corrected chi connectivity index (χ1v) is 4.21. The zero-order valence-corrected chi connectivity index (χ0v) is 6.95. The molecule has 10 heavy (non-hydrogen) atoms. The molecule has 0 atom stereocenters. The molecule has 1 saturated carbocycles. The van der Waals surface area contributed by atoms with E-state index < -0.39 is 0 Å². The predicted molar refractivity (Wildman–Crippen MR) is 45.2 cm³/mol. The van der Waals surface area contributed by atoms with E-state index in [1.807, 2.05) is 0 Å². The Hall–Kier alpha value is -0.0100. The molecule has 1 fully saturated rings. The Balaban J connectivity index is 1.80. The average Bonchev–Trinajstić information content (AvgIpc) is 2.62. The summed E-state index contributed by atoms with van der Waals surface area (Å²) in [5, 5.41) is 3.93. The fourth-order valence-corrected chi connectivity index (χ4v) is 1.03. The molecule has 1 aliphatic carbocycles. The van der Waals surface area contributed by atoms with E-state index in [9.17, 15) is 0 Å². The Labute approximate surface area is 67.5 Å². The number of nitrogens with one attached hydrogen (secondary N) is 1. The van der Waals surface area contributed by atoms with Gasteiger partial charge in [0.15, 0.2) is 0 Å². The summed E-state index contributed by atoms with van der Waals surface area (Å²) in [6, 6.07) is 0. The van der Waals surface area contributed by atoms with Crippen molar-refractivity contribution in [2.24, 2.45) is 5.92 Å². The summed E-state index contributed by atoms with van der Waals surface area (Å²) >= 11 is 5.55. The Bertz CT molecular complexity index is 118. The Kier molecular flexibility index (Phi) is 3.23. The van der Waals surface area contributed by atoms with Crippen molar-refractivity contribution < 1.29 is 0 Å². The molecule has 0 amide bonds. The summed E-state index contributed by atoms with van der Waals surface area (Å²) in [6.07, 6.45) is 4.18. The van der Waals surface area contributed by atoms with Crippen LogP contribution in [0.25, 0.3) is 0 Å². The van der Waals surface area contributed by atoms with Crippen LogP contribution in [0, 0.1) is 5.92 Å². The van der Waals surface area contributed by atoms with Crippen LogP contribution < -0.4 is 5.32 Å². The van der Waals surface area contributed by atoms with Crippen LogP contribution in [0.2, 0.25) is 0 Å². The van der Waals surface area contributed by atoms with Crippen LogP contribution in [0.3, 0.4) is 0 Å². The number of hydrogen-bond donors (Lipinski definition) is 1. The monoisotopic (exact) mass is 159 g/mol. The smallest absolute Gasteiger partial charge is 0.0307 e. The highest BCUT2D eigenvalue weighted by Gasteiger charge is 2.19. The average molecular weight is 160 g/mol. The summed E-state index contributed by atoms with van der Waals surface area (Å²) < 4.78 is 0. The minimum Gasteiger partial charge on any atom is -0.312 e. The molecule has 0 aliphatic heterocycles. The van der Waals surface area contributed by atoms with Crippen LogP contribution >= 0.6 is 11.6 Å². The molecule has 1 nitrogen and oxygen atoms in total. The first kappa shape index (κ1) is 8.09. The SMILES string of the molecule is C=C(Cl)CNCCC1CC1. The van der Waals surface area contributed by atoms with E-state index >= 15 is 0 Å². The highest BCUT2D eigenvalue weighted by Crippen LogP contribution is 2.31. The van der Waals surface area contributed by atoms with Gasteiger partial charge in [-0.25, -0.2) is 0 Å². The van der Waals surface area contributed by atoms with Crippen LogP contribution in [-0.4, -0.2) is 13.1 Å². The fraction of sp³-hybridized carbons (Fsp3) is 0.750. The van der Waals surface area contributed by atoms with E-state index in [-0.39, 0.29) is 0 Å². The summed E-state index contributed by atoms with van der Waals surface area (Å²) in [6.45, 7) is 5.44. The number of hydrogen-bond acceptors (Lipinski definition) is 1. The van der Waals surface area contributed by atoms with Crippen molar-refractivity contribution >= 4 is 11.6 Å². The molecule has 0 aromatic rings. The Morgan fingerprint density at radius 1 is 1.60 bits per heavy atom. The van der Waals surface area contributed by atoms with E-state index in [1.54, 1.807) is 0 Å². The van der Waals surface area contributed by atoms with Gasteiger partial charge < -0.3 is 5.32 Å². The van der Waals surface area contributed by atoms with Crippen molar-refractivity contribution in [1.29, 1.82) is 0 Å². The lowest BCUT2D eigenvalue weighted by molar-refractivity contribution is 0.642. The van der Waals surface area contributed by atoms with Crippen molar-refractivity contribution in [3.63, 3.8) is 0 Å². The van der Waals surface area contributed by atoms with E-state index in [0.717, 1.165) is 19.0 Å². The first-order chi connectivity index (χ1) is 4.79. The highest BCUT2D eigenvalue weighted by atomic mass is 35.5.